The average molecular weight is 335 g/mol. The number of pyridine rings is 1. The van der Waals surface area contributed by atoms with Crippen molar-refractivity contribution in [1.29, 1.82) is 0 Å². The number of benzene rings is 1. The first kappa shape index (κ1) is 16.4. The zero-order valence-corrected chi connectivity index (χ0v) is 13.6. The zero-order chi connectivity index (χ0) is 17.6. The molecule has 2 N–H and O–H groups in total. The van der Waals surface area contributed by atoms with Gasteiger partial charge in [-0.2, -0.15) is 0 Å². The number of imidazole rings is 1. The van der Waals surface area contributed by atoms with Crippen molar-refractivity contribution in [2.24, 2.45) is 0 Å². The minimum atomic E-state index is -0.774. The number of hydrogen-bond acceptors (Lipinski definition) is 4. The van der Waals surface area contributed by atoms with E-state index in [2.05, 4.69) is 20.6 Å². The average Bonchev–Trinajstić information content (AvgIpc) is 3.21. The van der Waals surface area contributed by atoms with Gasteiger partial charge in [0, 0.05) is 31.2 Å². The van der Waals surface area contributed by atoms with Crippen molar-refractivity contribution < 1.29 is 9.59 Å². The van der Waals surface area contributed by atoms with Gasteiger partial charge < -0.3 is 10.6 Å². The Bertz CT molecular complexity index is 862. The highest BCUT2D eigenvalue weighted by Gasteiger charge is 2.22. The summed E-state index contributed by atoms with van der Waals surface area (Å²) in [5.41, 5.74) is 1.11. The van der Waals surface area contributed by atoms with E-state index in [4.69, 9.17) is 0 Å². The molecule has 0 fully saturated rings. The van der Waals surface area contributed by atoms with Gasteiger partial charge in [-0.3, -0.25) is 14.2 Å². The first-order valence-electron chi connectivity index (χ1n) is 7.71. The predicted octanol–water partition coefficient (Wildman–Crippen LogP) is 1.48. The highest BCUT2D eigenvalue weighted by Crippen LogP contribution is 2.14. The second-order valence-electron chi connectivity index (χ2n) is 5.30. The quantitative estimate of drug-likeness (QED) is 0.739. The molecule has 0 unspecified atom stereocenters. The van der Waals surface area contributed by atoms with Gasteiger partial charge >= 0.3 is 0 Å². The van der Waals surface area contributed by atoms with Crippen LogP contribution in [0.25, 0.3) is 5.82 Å². The summed E-state index contributed by atoms with van der Waals surface area (Å²) < 4.78 is 1.70. The molecule has 0 bridgehead atoms. The number of aromatic nitrogens is 3. The molecule has 0 saturated heterocycles. The van der Waals surface area contributed by atoms with Gasteiger partial charge in [0.1, 0.15) is 18.2 Å². The number of likely N-dealkylation sites (N-methyl/N-ethyl adjacent to an activating group) is 1. The molecule has 1 aromatic carbocycles. The normalized spacial score (nSPS) is 11.6. The maximum atomic E-state index is 12.6. The summed E-state index contributed by atoms with van der Waals surface area (Å²) in [5, 5.41) is 5.34. The van der Waals surface area contributed by atoms with E-state index in [1.807, 2.05) is 18.2 Å². The van der Waals surface area contributed by atoms with Crippen LogP contribution >= 0.6 is 0 Å². The van der Waals surface area contributed by atoms with E-state index in [0.29, 0.717) is 16.9 Å². The van der Waals surface area contributed by atoms with Gasteiger partial charge in [0.15, 0.2) is 0 Å². The van der Waals surface area contributed by atoms with Gasteiger partial charge in [-0.05, 0) is 17.7 Å². The van der Waals surface area contributed by atoms with Crippen molar-refractivity contribution in [3.63, 3.8) is 0 Å². The van der Waals surface area contributed by atoms with Crippen LogP contribution < -0.4 is 10.6 Å². The number of hydrogen-bond donors (Lipinski definition) is 2. The summed E-state index contributed by atoms with van der Waals surface area (Å²) in [7, 11) is 1.54. The fraction of sp³-hybridized carbons (Fsp3) is 0.111. The van der Waals surface area contributed by atoms with E-state index in [1.54, 1.807) is 53.8 Å². The topological polar surface area (TPSA) is 88.9 Å². The molecule has 25 heavy (non-hydrogen) atoms. The number of rotatable bonds is 5. The van der Waals surface area contributed by atoms with Gasteiger partial charge in [0.25, 0.3) is 5.91 Å². The molecule has 3 aromatic rings. The lowest BCUT2D eigenvalue weighted by Crippen LogP contribution is -2.39. The monoisotopic (exact) mass is 335 g/mol. The van der Waals surface area contributed by atoms with E-state index in [0.717, 1.165) is 0 Å². The van der Waals surface area contributed by atoms with Crippen LogP contribution in [0.5, 0.6) is 0 Å². The largest absolute Gasteiger partial charge is 0.357 e. The highest BCUT2D eigenvalue weighted by molar-refractivity contribution is 5.98. The Morgan fingerprint density at radius 3 is 2.60 bits per heavy atom. The number of carbonyl (C=O) groups is 2. The Labute approximate surface area is 144 Å². The van der Waals surface area contributed by atoms with Crippen LogP contribution in [0.1, 0.15) is 22.0 Å². The molecule has 7 nitrogen and oxygen atoms in total. The van der Waals surface area contributed by atoms with E-state index in [9.17, 15) is 9.59 Å². The minimum Gasteiger partial charge on any atom is -0.357 e. The summed E-state index contributed by atoms with van der Waals surface area (Å²) in [5.74, 6) is -0.0778. The maximum Gasteiger partial charge on any atom is 0.252 e. The Hall–Kier alpha value is -3.48. The third kappa shape index (κ3) is 3.72. The SMILES string of the molecule is CNC(=O)[C@H](NC(=O)c1ccnc(-n2ccnc2)c1)c1ccccc1. The summed E-state index contributed by atoms with van der Waals surface area (Å²) in [4.78, 5) is 33.0. The molecule has 2 heterocycles. The first-order valence-corrected chi connectivity index (χ1v) is 7.71. The van der Waals surface area contributed by atoms with E-state index < -0.39 is 6.04 Å². The Morgan fingerprint density at radius 2 is 1.92 bits per heavy atom. The Balaban J connectivity index is 1.85. The number of nitrogens with one attached hydrogen (secondary N) is 2. The molecule has 0 aliphatic rings. The van der Waals surface area contributed by atoms with Crippen LogP contribution in [0.3, 0.4) is 0 Å². The molecule has 0 spiro atoms. The summed E-state index contributed by atoms with van der Waals surface area (Å²) in [6.07, 6.45) is 6.51. The van der Waals surface area contributed by atoms with Gasteiger partial charge in [0.05, 0.1) is 0 Å². The van der Waals surface area contributed by atoms with Gasteiger partial charge in [0.2, 0.25) is 5.91 Å². The molecule has 3 rings (SSSR count). The van der Waals surface area contributed by atoms with E-state index in [-0.39, 0.29) is 11.8 Å². The van der Waals surface area contributed by atoms with Crippen molar-refractivity contribution in [2.45, 2.75) is 6.04 Å². The molecule has 7 heteroatoms. The van der Waals surface area contributed by atoms with Crippen molar-refractivity contribution in [3.05, 3.63) is 78.5 Å². The maximum absolute atomic E-state index is 12.6. The van der Waals surface area contributed by atoms with Crippen LogP contribution in [0, 0.1) is 0 Å². The lowest BCUT2D eigenvalue weighted by molar-refractivity contribution is -0.122. The van der Waals surface area contributed by atoms with Crippen molar-refractivity contribution in [2.75, 3.05) is 7.05 Å². The van der Waals surface area contributed by atoms with Crippen LogP contribution in [-0.2, 0) is 4.79 Å². The molecular weight excluding hydrogens is 318 g/mol. The van der Waals surface area contributed by atoms with Crippen molar-refractivity contribution in [1.82, 2.24) is 25.2 Å². The third-order valence-electron chi connectivity index (χ3n) is 3.69. The van der Waals surface area contributed by atoms with Crippen LogP contribution in [0.15, 0.2) is 67.4 Å². The molecular formula is C18H17N5O2. The van der Waals surface area contributed by atoms with Gasteiger partial charge in [-0.15, -0.1) is 0 Å². The minimum absolute atomic E-state index is 0.288. The molecule has 0 aliphatic heterocycles. The predicted molar refractivity (Wildman–Crippen MR) is 92.1 cm³/mol. The Kier molecular flexibility index (Phi) is 4.84. The Morgan fingerprint density at radius 1 is 1.12 bits per heavy atom. The first-order chi connectivity index (χ1) is 12.2. The fourth-order valence-electron chi connectivity index (χ4n) is 2.40. The van der Waals surface area contributed by atoms with Gasteiger partial charge in [-0.1, -0.05) is 30.3 Å². The standard InChI is InChI=1S/C18H17N5O2/c1-19-18(25)16(13-5-3-2-4-6-13)22-17(24)14-7-8-21-15(11-14)23-10-9-20-12-23/h2-12,16H,1H3,(H,19,25)(H,22,24)/t16-/m1/s1. The smallest absolute Gasteiger partial charge is 0.252 e. The highest BCUT2D eigenvalue weighted by atomic mass is 16.2. The van der Waals surface area contributed by atoms with E-state index >= 15 is 0 Å². The van der Waals surface area contributed by atoms with Crippen molar-refractivity contribution >= 4 is 11.8 Å². The fourth-order valence-corrected chi connectivity index (χ4v) is 2.40. The number of nitrogens with zero attached hydrogens (tertiary/aromatic N) is 3. The molecule has 2 aromatic heterocycles. The lowest BCUT2D eigenvalue weighted by Gasteiger charge is -2.18. The number of carbonyl (C=O) groups excluding carboxylic acids is 2. The summed E-state index contributed by atoms with van der Waals surface area (Å²) in [6.45, 7) is 0. The molecule has 0 radical (unpaired) electrons. The van der Waals surface area contributed by atoms with Crippen LogP contribution in [0.4, 0.5) is 0 Å². The van der Waals surface area contributed by atoms with Crippen LogP contribution in [0.2, 0.25) is 0 Å². The molecule has 1 atom stereocenters. The summed E-state index contributed by atoms with van der Waals surface area (Å²) in [6, 6.07) is 11.6. The van der Waals surface area contributed by atoms with Crippen LogP contribution in [-0.4, -0.2) is 33.4 Å². The second kappa shape index (κ2) is 7.39. The molecule has 126 valence electrons. The van der Waals surface area contributed by atoms with Crippen molar-refractivity contribution in [3.8, 4) is 5.82 Å². The second-order valence-corrected chi connectivity index (χ2v) is 5.30. The van der Waals surface area contributed by atoms with E-state index in [1.165, 1.54) is 7.05 Å². The number of amides is 2. The lowest BCUT2D eigenvalue weighted by atomic mass is 10.1. The molecule has 0 saturated carbocycles. The zero-order valence-electron chi connectivity index (χ0n) is 13.6. The molecule has 0 aliphatic carbocycles. The molecule has 2 amide bonds. The third-order valence-corrected chi connectivity index (χ3v) is 3.69. The van der Waals surface area contributed by atoms with Gasteiger partial charge in [-0.25, -0.2) is 9.97 Å². The summed E-state index contributed by atoms with van der Waals surface area (Å²) >= 11 is 0.